The Labute approximate surface area is 170 Å². The van der Waals surface area contributed by atoms with E-state index in [-0.39, 0.29) is 17.2 Å². The van der Waals surface area contributed by atoms with Gasteiger partial charge in [-0.1, -0.05) is 39.2 Å². The molecule has 5 aliphatic rings. The summed E-state index contributed by atoms with van der Waals surface area (Å²) in [6.45, 7) is 8.68. The van der Waals surface area contributed by atoms with Crippen LogP contribution < -0.4 is 0 Å². The molecule has 1 heterocycles. The highest BCUT2D eigenvalue weighted by atomic mass is 16.6. The van der Waals surface area contributed by atoms with Gasteiger partial charge in [0.2, 0.25) is 0 Å². The van der Waals surface area contributed by atoms with Crippen LogP contribution in [-0.4, -0.2) is 37.0 Å². The topological polar surface area (TPSA) is 44.8 Å². The fourth-order valence-electron chi connectivity index (χ4n) is 6.71. The molecule has 28 heavy (non-hydrogen) atoms. The number of carbonyl (C=O) groups excluding carboxylic acids is 1. The molecule has 4 saturated carbocycles. The van der Waals surface area contributed by atoms with Gasteiger partial charge in [-0.25, -0.2) is 4.79 Å². The zero-order chi connectivity index (χ0) is 19.7. The Morgan fingerprint density at radius 3 is 2.32 bits per heavy atom. The van der Waals surface area contributed by atoms with Crippen LogP contribution in [0.5, 0.6) is 0 Å². The molecule has 5 rings (SSSR count). The highest BCUT2D eigenvalue weighted by Crippen LogP contribution is 2.60. The van der Waals surface area contributed by atoms with Crippen molar-refractivity contribution in [1.82, 2.24) is 0 Å². The largest absolute Gasteiger partial charge is 0.456 e. The predicted octanol–water partition coefficient (Wildman–Crippen LogP) is 5.20. The van der Waals surface area contributed by atoms with Crippen LogP contribution in [0.3, 0.4) is 0 Å². The molecule has 0 spiro atoms. The Bertz CT molecular complexity index is 565. The van der Waals surface area contributed by atoms with Crippen molar-refractivity contribution in [3.8, 4) is 0 Å². The van der Waals surface area contributed by atoms with Crippen LogP contribution >= 0.6 is 0 Å². The second-order valence-electron chi connectivity index (χ2n) is 10.6. The number of carbonyl (C=O) groups is 1. The van der Waals surface area contributed by atoms with Gasteiger partial charge in [0.25, 0.3) is 0 Å². The quantitative estimate of drug-likeness (QED) is 0.276. The first-order valence-electron chi connectivity index (χ1n) is 11.5. The number of rotatable bonds is 11. The number of hydrogen-bond acceptors (Lipinski definition) is 4. The van der Waals surface area contributed by atoms with E-state index in [0.29, 0.717) is 17.3 Å². The summed E-state index contributed by atoms with van der Waals surface area (Å²) in [6.07, 6.45) is 15.5. The second-order valence-corrected chi connectivity index (χ2v) is 10.6. The summed E-state index contributed by atoms with van der Waals surface area (Å²) < 4.78 is 17.8. The van der Waals surface area contributed by atoms with E-state index in [1.165, 1.54) is 44.6 Å². The lowest BCUT2D eigenvalue weighted by Crippen LogP contribution is -2.61. The maximum atomic E-state index is 11.9. The Morgan fingerprint density at radius 2 is 1.68 bits per heavy atom. The van der Waals surface area contributed by atoms with Crippen LogP contribution in [0, 0.1) is 17.3 Å². The van der Waals surface area contributed by atoms with Crippen LogP contribution in [0.15, 0.2) is 12.7 Å². The summed E-state index contributed by atoms with van der Waals surface area (Å²) >= 11 is 0. The molecule has 0 radical (unpaired) electrons. The third-order valence-corrected chi connectivity index (χ3v) is 7.67. The molecule has 0 amide bonds. The van der Waals surface area contributed by atoms with Gasteiger partial charge in [-0.05, 0) is 56.8 Å². The van der Waals surface area contributed by atoms with E-state index in [1.807, 2.05) is 0 Å². The van der Waals surface area contributed by atoms with Gasteiger partial charge in [-0.15, -0.1) is 0 Å². The molecule has 4 aliphatic carbocycles. The molecule has 158 valence electrons. The summed E-state index contributed by atoms with van der Waals surface area (Å²) in [7, 11) is 0. The molecular formula is C24H38O4. The molecule has 1 aliphatic heterocycles. The number of hydrogen-bond donors (Lipinski definition) is 0. The van der Waals surface area contributed by atoms with E-state index in [2.05, 4.69) is 13.5 Å². The lowest BCUT2D eigenvalue weighted by atomic mass is 9.52. The van der Waals surface area contributed by atoms with Gasteiger partial charge in [0.1, 0.15) is 5.60 Å². The SMILES string of the molecule is C=CC(=O)OC12CC3CC(CC(OCCCCCCCC4(C)COC4)(C3)C1)C2. The van der Waals surface area contributed by atoms with E-state index in [4.69, 9.17) is 14.2 Å². The van der Waals surface area contributed by atoms with Gasteiger partial charge < -0.3 is 14.2 Å². The summed E-state index contributed by atoms with van der Waals surface area (Å²) in [5.41, 5.74) is 0.147. The number of esters is 1. The Balaban J connectivity index is 1.17. The smallest absolute Gasteiger partial charge is 0.330 e. The van der Waals surface area contributed by atoms with Crippen LogP contribution in [0.2, 0.25) is 0 Å². The molecule has 4 bridgehead atoms. The molecule has 1 saturated heterocycles. The third kappa shape index (κ3) is 4.48. The fraction of sp³-hybridized carbons (Fsp3) is 0.875. The van der Waals surface area contributed by atoms with E-state index in [0.717, 1.165) is 58.3 Å². The standard InChI is InChI=1S/C24H38O4/c1-3-21(25)28-24-14-19-11-20(15-24)13-23(12-19,16-24)27-10-8-6-4-5-7-9-22(2)17-26-18-22/h3,19-20H,1,4-18H2,2H3. The zero-order valence-corrected chi connectivity index (χ0v) is 17.7. The average Bonchev–Trinajstić information content (AvgIpc) is 2.60. The monoisotopic (exact) mass is 390 g/mol. The Morgan fingerprint density at radius 1 is 1.04 bits per heavy atom. The highest BCUT2D eigenvalue weighted by molar-refractivity contribution is 5.81. The van der Waals surface area contributed by atoms with Crippen molar-refractivity contribution in [2.45, 2.75) is 95.2 Å². The second kappa shape index (κ2) is 8.10. The van der Waals surface area contributed by atoms with Gasteiger partial charge in [-0.3, -0.25) is 0 Å². The van der Waals surface area contributed by atoms with Crippen molar-refractivity contribution < 1.29 is 19.0 Å². The minimum Gasteiger partial charge on any atom is -0.456 e. The minimum absolute atomic E-state index is 0.0374. The molecule has 0 aromatic heterocycles. The normalized spacial score (nSPS) is 37.5. The summed E-state index contributed by atoms with van der Waals surface area (Å²) in [5.74, 6) is 1.06. The van der Waals surface area contributed by atoms with Crippen molar-refractivity contribution in [3.63, 3.8) is 0 Å². The fourth-order valence-corrected chi connectivity index (χ4v) is 6.71. The lowest BCUT2D eigenvalue weighted by Gasteiger charge is -2.60. The molecule has 2 unspecified atom stereocenters. The van der Waals surface area contributed by atoms with Crippen molar-refractivity contribution in [2.24, 2.45) is 17.3 Å². The highest BCUT2D eigenvalue weighted by Gasteiger charge is 2.60. The van der Waals surface area contributed by atoms with Crippen LogP contribution in [0.1, 0.15) is 84.0 Å². The molecule has 4 heteroatoms. The molecule has 5 fully saturated rings. The van der Waals surface area contributed by atoms with E-state index in [1.54, 1.807) is 0 Å². The summed E-state index contributed by atoms with van der Waals surface area (Å²) in [5, 5.41) is 0. The molecule has 0 aromatic rings. The van der Waals surface area contributed by atoms with Gasteiger partial charge in [0.15, 0.2) is 0 Å². The number of unbranched alkanes of at least 4 members (excludes halogenated alkanes) is 4. The lowest BCUT2D eigenvalue weighted by molar-refractivity contribution is -0.231. The van der Waals surface area contributed by atoms with Crippen molar-refractivity contribution >= 4 is 5.97 Å². The van der Waals surface area contributed by atoms with Gasteiger partial charge >= 0.3 is 5.97 Å². The van der Waals surface area contributed by atoms with E-state index < -0.39 is 0 Å². The minimum atomic E-state index is -0.281. The zero-order valence-electron chi connectivity index (χ0n) is 17.7. The van der Waals surface area contributed by atoms with Crippen LogP contribution in [0.25, 0.3) is 0 Å². The molecule has 2 atom stereocenters. The van der Waals surface area contributed by atoms with Gasteiger partial charge in [0, 0.05) is 24.5 Å². The predicted molar refractivity (Wildman–Crippen MR) is 109 cm³/mol. The maximum Gasteiger partial charge on any atom is 0.330 e. The van der Waals surface area contributed by atoms with Crippen molar-refractivity contribution in [3.05, 3.63) is 12.7 Å². The molecule has 0 N–H and O–H groups in total. The van der Waals surface area contributed by atoms with Crippen molar-refractivity contribution in [2.75, 3.05) is 19.8 Å². The van der Waals surface area contributed by atoms with Crippen LogP contribution in [-0.2, 0) is 19.0 Å². The van der Waals surface area contributed by atoms with E-state index in [9.17, 15) is 4.79 Å². The molecular weight excluding hydrogens is 352 g/mol. The molecule has 4 nitrogen and oxygen atoms in total. The summed E-state index contributed by atoms with van der Waals surface area (Å²) in [6, 6.07) is 0. The van der Waals surface area contributed by atoms with Gasteiger partial charge in [0.05, 0.1) is 18.8 Å². The first-order chi connectivity index (χ1) is 13.4. The Kier molecular flexibility index (Phi) is 5.90. The first-order valence-corrected chi connectivity index (χ1v) is 11.5. The average molecular weight is 391 g/mol. The van der Waals surface area contributed by atoms with E-state index >= 15 is 0 Å². The maximum absolute atomic E-state index is 11.9. The Hall–Kier alpha value is -0.870. The van der Waals surface area contributed by atoms with Gasteiger partial charge in [-0.2, -0.15) is 0 Å². The number of ether oxygens (including phenoxy) is 3. The van der Waals surface area contributed by atoms with Crippen molar-refractivity contribution in [1.29, 1.82) is 0 Å². The first kappa shape index (κ1) is 20.4. The van der Waals surface area contributed by atoms with Crippen LogP contribution in [0.4, 0.5) is 0 Å². The summed E-state index contributed by atoms with van der Waals surface area (Å²) in [4.78, 5) is 11.9. The third-order valence-electron chi connectivity index (χ3n) is 7.67. The molecule has 0 aromatic carbocycles.